The smallest absolute Gasteiger partial charge is 0.0606 e. The Kier molecular flexibility index (Phi) is 37.4. The predicted octanol–water partition coefficient (Wildman–Crippen LogP) is 11.5. The van der Waals surface area contributed by atoms with Crippen LogP contribution in [0.3, 0.4) is 0 Å². The van der Waals surface area contributed by atoms with E-state index in [-0.39, 0.29) is 7.43 Å². The van der Waals surface area contributed by atoms with Gasteiger partial charge in [-0.1, -0.05) is 85.3 Å². The van der Waals surface area contributed by atoms with Gasteiger partial charge in [-0.2, -0.15) is 0 Å². The van der Waals surface area contributed by atoms with Crippen LogP contribution in [0.1, 0.15) is 166 Å². The summed E-state index contributed by atoms with van der Waals surface area (Å²) in [5.74, 6) is 0. The second kappa shape index (κ2) is 33.6. The highest BCUT2D eigenvalue weighted by atomic mass is 15.2. The molecule has 52 heavy (non-hydrogen) atoms. The third-order valence-corrected chi connectivity index (χ3v) is 9.80. The fraction of sp³-hybridized carbons (Fsp3) is 0.867. The van der Waals surface area contributed by atoms with Crippen LogP contribution in [-0.2, 0) is 13.0 Å². The molecular formula is C45H93B3N4. The van der Waals surface area contributed by atoms with Gasteiger partial charge >= 0.3 is 0 Å². The fourth-order valence-corrected chi connectivity index (χ4v) is 6.65. The zero-order valence-corrected chi connectivity index (χ0v) is 37.6. The molecule has 4 nitrogen and oxygen atoms in total. The summed E-state index contributed by atoms with van der Waals surface area (Å²) in [6.07, 6.45) is 13.9. The molecule has 0 saturated carbocycles. The Morgan fingerprint density at radius 1 is 0.462 bits per heavy atom. The lowest BCUT2D eigenvalue weighted by Crippen LogP contribution is -2.44. The maximum atomic E-state index is 4.50. The van der Waals surface area contributed by atoms with Gasteiger partial charge < -0.3 is 0 Å². The molecule has 3 fully saturated rings. The van der Waals surface area contributed by atoms with Crippen molar-refractivity contribution in [1.82, 2.24) is 19.6 Å². The third-order valence-electron chi connectivity index (χ3n) is 9.80. The average Bonchev–Trinajstić information content (AvgIpc) is 3.55. The summed E-state index contributed by atoms with van der Waals surface area (Å²) in [4.78, 5) is 10.3. The predicted molar refractivity (Wildman–Crippen MR) is 244 cm³/mol. The highest BCUT2D eigenvalue weighted by Gasteiger charge is 2.24. The van der Waals surface area contributed by atoms with Gasteiger partial charge in [0.25, 0.3) is 0 Å². The number of piperidine rings is 1. The van der Waals surface area contributed by atoms with Gasteiger partial charge in [0, 0.05) is 35.7 Å². The van der Waals surface area contributed by atoms with Gasteiger partial charge in [-0.05, 0) is 172 Å². The van der Waals surface area contributed by atoms with Gasteiger partial charge in [0.1, 0.15) is 0 Å². The molecule has 0 amide bonds. The quantitative estimate of drug-likeness (QED) is 0.268. The van der Waals surface area contributed by atoms with Crippen LogP contribution in [0.25, 0.3) is 0 Å². The van der Waals surface area contributed by atoms with E-state index in [0.29, 0.717) is 22.7 Å². The zero-order chi connectivity index (χ0) is 40.1. The Morgan fingerprint density at radius 3 is 1.02 bits per heavy atom. The Morgan fingerprint density at radius 2 is 0.731 bits per heavy atom. The standard InChI is InChI=1S/C12H17N.C10H21N.C9H19N.C8H17N.C2H6.3CH3B.CH4/c1-10(2)13-8-7-11-5-3-4-6-12(11)9-13;1-10(2,3)11-8-6-4-5-7-9-11;1-9(2,3)10-7-5-4-6-8-10;1-8(2,3)9-6-4-5-7-9;4*1-2;/h3-6,10H,7-9H2,1-2H3;4-9H2,1-3H3;4-8H2,1-3H3;4-7H2,1-3H3;1-2H3;3*1H3;1H4. The SMILES string of the molecule is C.CC.CC(C)(C)N1CCCC1.CC(C)(C)N1CCCCC1.CC(C)(C)N1CCCCCC1.CC(C)N1CCc2ccccc2C1.[B]C.[B]C.[B]C. The molecule has 0 N–H and O–H groups in total. The molecule has 0 spiro atoms. The van der Waals surface area contributed by atoms with E-state index in [0.717, 1.165) is 6.54 Å². The molecule has 4 aliphatic rings. The first kappa shape index (κ1) is 58.0. The van der Waals surface area contributed by atoms with Gasteiger partial charge in [-0.3, -0.25) is 19.6 Å². The van der Waals surface area contributed by atoms with Crippen molar-refractivity contribution in [2.24, 2.45) is 0 Å². The molecule has 0 unspecified atom stereocenters. The number of benzene rings is 1. The fourth-order valence-electron chi connectivity index (χ4n) is 6.65. The second-order valence-corrected chi connectivity index (χ2v) is 16.7. The molecule has 302 valence electrons. The van der Waals surface area contributed by atoms with Crippen molar-refractivity contribution in [2.75, 3.05) is 45.8 Å². The van der Waals surface area contributed by atoms with Crippen LogP contribution in [0.5, 0.6) is 0 Å². The molecule has 4 heterocycles. The summed E-state index contributed by atoms with van der Waals surface area (Å²) in [6, 6.07) is 9.47. The van der Waals surface area contributed by atoms with Crippen molar-refractivity contribution >= 4 is 23.5 Å². The van der Waals surface area contributed by atoms with E-state index in [2.05, 4.69) is 144 Å². The highest BCUT2D eigenvalue weighted by Crippen LogP contribution is 2.22. The van der Waals surface area contributed by atoms with Gasteiger partial charge in [-0.15, -0.1) is 0 Å². The van der Waals surface area contributed by atoms with E-state index >= 15 is 0 Å². The summed E-state index contributed by atoms with van der Waals surface area (Å²) in [5, 5.41) is 0. The topological polar surface area (TPSA) is 13.0 Å². The largest absolute Gasteiger partial charge is 0.298 e. The molecule has 3 saturated heterocycles. The normalized spacial score (nSPS) is 18.1. The molecular weight excluding hydrogens is 629 g/mol. The first-order valence-corrected chi connectivity index (χ1v) is 20.9. The summed E-state index contributed by atoms with van der Waals surface area (Å²) in [6.45, 7) is 44.0. The van der Waals surface area contributed by atoms with Gasteiger partial charge in [-0.25, -0.2) is 0 Å². The van der Waals surface area contributed by atoms with Crippen molar-refractivity contribution in [1.29, 1.82) is 0 Å². The van der Waals surface area contributed by atoms with Crippen LogP contribution >= 0.6 is 0 Å². The second-order valence-electron chi connectivity index (χ2n) is 16.7. The van der Waals surface area contributed by atoms with E-state index in [4.69, 9.17) is 0 Å². The molecule has 7 heteroatoms. The van der Waals surface area contributed by atoms with Gasteiger partial charge in [0.2, 0.25) is 0 Å². The lowest BCUT2D eigenvalue weighted by Gasteiger charge is -2.38. The van der Waals surface area contributed by atoms with E-state index in [1.54, 1.807) is 5.56 Å². The molecule has 0 aromatic heterocycles. The minimum Gasteiger partial charge on any atom is -0.298 e. The minimum absolute atomic E-state index is 0. The number of hydrogen-bond acceptors (Lipinski definition) is 4. The number of fused-ring (bicyclic) bond motifs is 1. The number of nitrogens with zero attached hydrogens (tertiary/aromatic N) is 4. The van der Waals surface area contributed by atoms with Crippen LogP contribution in [-0.4, -0.2) is 112 Å². The van der Waals surface area contributed by atoms with Gasteiger partial charge in [0.15, 0.2) is 0 Å². The molecule has 4 aliphatic heterocycles. The molecule has 0 aliphatic carbocycles. The Hall–Kier alpha value is -0.745. The summed E-state index contributed by atoms with van der Waals surface area (Å²) in [7, 11) is 13.5. The number of hydrogen-bond donors (Lipinski definition) is 0. The molecule has 5 rings (SSSR count). The summed E-state index contributed by atoms with van der Waals surface area (Å²) >= 11 is 0. The molecule has 6 radical (unpaired) electrons. The van der Waals surface area contributed by atoms with E-state index in [9.17, 15) is 0 Å². The monoisotopic (exact) mass is 723 g/mol. The van der Waals surface area contributed by atoms with Crippen LogP contribution < -0.4 is 0 Å². The van der Waals surface area contributed by atoms with Crippen LogP contribution in [0, 0.1) is 0 Å². The van der Waals surface area contributed by atoms with Crippen molar-refractivity contribution in [3.05, 3.63) is 35.4 Å². The summed E-state index contributed by atoms with van der Waals surface area (Å²) in [5.41, 5.74) is 4.27. The van der Waals surface area contributed by atoms with E-state index in [1.807, 2.05) is 13.8 Å². The van der Waals surface area contributed by atoms with E-state index < -0.39 is 0 Å². The van der Waals surface area contributed by atoms with Crippen molar-refractivity contribution in [3.63, 3.8) is 0 Å². The number of likely N-dealkylation sites (tertiary alicyclic amines) is 3. The lowest BCUT2D eigenvalue weighted by molar-refractivity contribution is 0.111. The first-order chi connectivity index (χ1) is 24.1. The van der Waals surface area contributed by atoms with Crippen LogP contribution in [0.15, 0.2) is 24.3 Å². The van der Waals surface area contributed by atoms with Crippen LogP contribution in [0.4, 0.5) is 0 Å². The molecule has 1 aromatic carbocycles. The molecule has 1 aromatic rings. The lowest BCUT2D eigenvalue weighted by atomic mass is 9.99. The Balaban J connectivity index is -0.000000277. The van der Waals surface area contributed by atoms with E-state index in [1.165, 1.54) is 136 Å². The minimum atomic E-state index is 0. The molecule has 0 atom stereocenters. The average molecular weight is 723 g/mol. The first-order valence-electron chi connectivity index (χ1n) is 20.9. The highest BCUT2D eigenvalue weighted by molar-refractivity contribution is 6.06. The zero-order valence-electron chi connectivity index (χ0n) is 37.6. The Bertz CT molecular complexity index is 870. The van der Waals surface area contributed by atoms with Crippen molar-refractivity contribution in [2.45, 2.75) is 211 Å². The van der Waals surface area contributed by atoms with Crippen molar-refractivity contribution in [3.8, 4) is 0 Å². The van der Waals surface area contributed by atoms with Crippen molar-refractivity contribution < 1.29 is 0 Å². The third kappa shape index (κ3) is 26.9. The summed E-state index contributed by atoms with van der Waals surface area (Å²) < 4.78 is 0. The Labute approximate surface area is 334 Å². The van der Waals surface area contributed by atoms with Crippen LogP contribution in [0.2, 0.25) is 20.5 Å². The molecule has 0 bridgehead atoms. The van der Waals surface area contributed by atoms with Gasteiger partial charge in [0.05, 0.1) is 23.5 Å². The number of rotatable bonds is 1. The maximum Gasteiger partial charge on any atom is 0.0606 e. The maximum absolute atomic E-state index is 4.50.